The molecule has 0 aliphatic carbocycles. The second-order valence-electron chi connectivity index (χ2n) is 4.99. The lowest BCUT2D eigenvalue weighted by Crippen LogP contribution is -2.41. The number of imidazole rings is 1. The van der Waals surface area contributed by atoms with Gasteiger partial charge in [-0.1, -0.05) is 24.3 Å². The lowest BCUT2D eigenvalue weighted by molar-refractivity contribution is -0.122. The molecule has 1 aromatic carbocycles. The molecule has 0 saturated carbocycles. The molecule has 0 radical (unpaired) electrons. The Bertz CT molecular complexity index is 593. The molecular weight excluding hydrogens is 284 g/mol. The molecule has 5 nitrogen and oxygen atoms in total. The number of nitrogens with one attached hydrogen (secondary N) is 2. The first-order valence-electron chi connectivity index (χ1n) is 6.94. The summed E-state index contributed by atoms with van der Waals surface area (Å²) in [6.45, 7) is 1.33. The zero-order valence-electron chi connectivity index (χ0n) is 11.7. The van der Waals surface area contributed by atoms with Gasteiger partial charge in [-0.25, -0.2) is 4.98 Å². The molecule has 110 valence electrons. The van der Waals surface area contributed by atoms with Crippen LogP contribution in [0.3, 0.4) is 0 Å². The first kappa shape index (κ1) is 14.2. The van der Waals surface area contributed by atoms with E-state index >= 15 is 0 Å². The minimum absolute atomic E-state index is 0.0594. The summed E-state index contributed by atoms with van der Waals surface area (Å²) in [6, 6.07) is 8.11. The van der Waals surface area contributed by atoms with Crippen LogP contribution >= 0.6 is 11.8 Å². The van der Waals surface area contributed by atoms with E-state index in [0.717, 1.165) is 23.7 Å². The topological polar surface area (TPSA) is 59.0 Å². The molecule has 1 atom stereocenters. The number of carbonyl (C=O) groups excluding carboxylic acids is 1. The fraction of sp³-hybridized carbons (Fsp3) is 0.333. The maximum atomic E-state index is 12.0. The summed E-state index contributed by atoms with van der Waals surface area (Å²) in [6.07, 6.45) is 5.51. The summed E-state index contributed by atoms with van der Waals surface area (Å²) >= 11 is 1.76. The van der Waals surface area contributed by atoms with Gasteiger partial charge >= 0.3 is 0 Å². The molecule has 6 heteroatoms. The van der Waals surface area contributed by atoms with Crippen LogP contribution in [0, 0.1) is 0 Å². The number of benzene rings is 1. The van der Waals surface area contributed by atoms with Crippen LogP contribution in [0.1, 0.15) is 11.1 Å². The second-order valence-corrected chi connectivity index (χ2v) is 6.02. The van der Waals surface area contributed by atoms with Crippen molar-refractivity contribution in [1.29, 1.82) is 0 Å². The van der Waals surface area contributed by atoms with Crippen molar-refractivity contribution in [3.63, 3.8) is 0 Å². The number of hydrogen-bond donors (Lipinski definition) is 2. The van der Waals surface area contributed by atoms with Crippen molar-refractivity contribution in [3.05, 3.63) is 54.1 Å². The summed E-state index contributed by atoms with van der Waals surface area (Å²) in [7, 11) is 0. The number of hydrogen-bond acceptors (Lipinski definition) is 4. The monoisotopic (exact) mass is 302 g/mol. The summed E-state index contributed by atoms with van der Waals surface area (Å²) in [4.78, 5) is 16.1. The molecule has 1 unspecified atom stereocenters. The third kappa shape index (κ3) is 3.65. The lowest BCUT2D eigenvalue weighted by atomic mass is 10.1. The van der Waals surface area contributed by atoms with Gasteiger partial charge in [-0.05, 0) is 11.1 Å². The van der Waals surface area contributed by atoms with Crippen molar-refractivity contribution in [2.24, 2.45) is 0 Å². The highest BCUT2D eigenvalue weighted by Crippen LogP contribution is 2.12. The van der Waals surface area contributed by atoms with E-state index in [1.165, 1.54) is 5.56 Å². The zero-order chi connectivity index (χ0) is 14.5. The Kier molecular flexibility index (Phi) is 4.57. The van der Waals surface area contributed by atoms with Gasteiger partial charge in [-0.2, -0.15) is 0 Å². The maximum Gasteiger partial charge on any atom is 0.238 e. The number of nitrogens with zero attached hydrogens (tertiary/aromatic N) is 2. The Morgan fingerprint density at radius 3 is 3.00 bits per heavy atom. The fourth-order valence-electron chi connectivity index (χ4n) is 2.33. The Labute approximate surface area is 128 Å². The van der Waals surface area contributed by atoms with Crippen LogP contribution in [0.4, 0.5) is 0 Å². The van der Waals surface area contributed by atoms with Crippen LogP contribution < -0.4 is 10.6 Å². The van der Waals surface area contributed by atoms with Crippen LogP contribution in [0.5, 0.6) is 0 Å². The van der Waals surface area contributed by atoms with Gasteiger partial charge in [0.05, 0.1) is 12.4 Å². The van der Waals surface area contributed by atoms with Gasteiger partial charge in [0, 0.05) is 37.1 Å². The highest BCUT2D eigenvalue weighted by atomic mass is 32.2. The normalized spacial score (nSPS) is 17.8. The zero-order valence-corrected chi connectivity index (χ0v) is 12.5. The molecule has 1 fully saturated rings. The Morgan fingerprint density at radius 2 is 2.29 bits per heavy atom. The van der Waals surface area contributed by atoms with Gasteiger partial charge in [0.1, 0.15) is 0 Å². The summed E-state index contributed by atoms with van der Waals surface area (Å²) < 4.78 is 2.02. The van der Waals surface area contributed by atoms with Gasteiger partial charge in [0.15, 0.2) is 0 Å². The largest absolute Gasteiger partial charge is 0.351 e. The van der Waals surface area contributed by atoms with Crippen molar-refractivity contribution in [3.8, 4) is 0 Å². The van der Waals surface area contributed by atoms with E-state index in [-0.39, 0.29) is 11.9 Å². The van der Waals surface area contributed by atoms with E-state index in [0.29, 0.717) is 6.54 Å². The van der Waals surface area contributed by atoms with E-state index in [4.69, 9.17) is 0 Å². The molecule has 1 aliphatic rings. The molecule has 0 spiro atoms. The summed E-state index contributed by atoms with van der Waals surface area (Å²) in [5.41, 5.74) is 2.34. The first-order chi connectivity index (χ1) is 10.3. The minimum atomic E-state index is -0.0594. The van der Waals surface area contributed by atoms with E-state index in [1.54, 1.807) is 24.3 Å². The van der Waals surface area contributed by atoms with Crippen LogP contribution in [-0.4, -0.2) is 33.1 Å². The van der Waals surface area contributed by atoms with E-state index in [9.17, 15) is 4.79 Å². The highest BCUT2D eigenvalue weighted by Gasteiger charge is 2.22. The molecule has 21 heavy (non-hydrogen) atoms. The van der Waals surface area contributed by atoms with E-state index in [2.05, 4.69) is 27.8 Å². The molecular formula is C15H18N4OS. The van der Waals surface area contributed by atoms with Gasteiger partial charge in [0.25, 0.3) is 0 Å². The van der Waals surface area contributed by atoms with Gasteiger partial charge < -0.3 is 9.88 Å². The van der Waals surface area contributed by atoms with Crippen molar-refractivity contribution in [1.82, 2.24) is 20.2 Å². The number of carbonyl (C=O) groups is 1. The third-order valence-corrected chi connectivity index (χ3v) is 4.46. The molecule has 2 heterocycles. The minimum Gasteiger partial charge on any atom is -0.351 e. The average molecular weight is 302 g/mol. The third-order valence-electron chi connectivity index (χ3n) is 3.52. The smallest absolute Gasteiger partial charge is 0.238 e. The number of rotatable bonds is 5. The van der Waals surface area contributed by atoms with Crippen molar-refractivity contribution in [2.45, 2.75) is 19.1 Å². The summed E-state index contributed by atoms with van der Waals surface area (Å²) in [5, 5.41) is 6.20. The van der Waals surface area contributed by atoms with E-state index < -0.39 is 0 Å². The number of aromatic nitrogens is 2. The molecule has 1 aliphatic heterocycles. The SMILES string of the molecule is O=C(NCc1ccccc1Cn1ccnc1)C1CSCN1. The highest BCUT2D eigenvalue weighted by molar-refractivity contribution is 7.99. The van der Waals surface area contributed by atoms with Crippen LogP contribution in [0.15, 0.2) is 43.0 Å². The molecule has 1 saturated heterocycles. The van der Waals surface area contributed by atoms with Crippen molar-refractivity contribution >= 4 is 17.7 Å². The Hall–Kier alpha value is -1.79. The molecule has 0 bridgehead atoms. The van der Waals surface area contributed by atoms with Crippen molar-refractivity contribution in [2.75, 3.05) is 11.6 Å². The van der Waals surface area contributed by atoms with Gasteiger partial charge in [-0.3, -0.25) is 10.1 Å². The first-order valence-corrected chi connectivity index (χ1v) is 8.10. The quantitative estimate of drug-likeness (QED) is 0.871. The maximum absolute atomic E-state index is 12.0. The Balaban J connectivity index is 1.63. The van der Waals surface area contributed by atoms with Crippen LogP contribution in [0.25, 0.3) is 0 Å². The summed E-state index contributed by atoms with van der Waals surface area (Å²) in [5.74, 6) is 1.79. The molecule has 1 aromatic heterocycles. The molecule has 3 rings (SSSR count). The van der Waals surface area contributed by atoms with Gasteiger partial charge in [0.2, 0.25) is 5.91 Å². The van der Waals surface area contributed by atoms with Crippen LogP contribution in [-0.2, 0) is 17.9 Å². The van der Waals surface area contributed by atoms with Gasteiger partial charge in [-0.15, -0.1) is 11.8 Å². The second kappa shape index (κ2) is 6.78. The predicted octanol–water partition coefficient (Wildman–Crippen LogP) is 1.21. The Morgan fingerprint density at radius 1 is 1.43 bits per heavy atom. The standard InChI is InChI=1S/C15H18N4OS/c20-15(14-9-21-11-18-14)17-7-12-3-1-2-4-13(12)8-19-6-5-16-10-19/h1-6,10,14,18H,7-9,11H2,(H,17,20). The molecule has 1 amide bonds. The average Bonchev–Trinajstić information content (AvgIpc) is 3.19. The lowest BCUT2D eigenvalue weighted by Gasteiger charge is -2.13. The van der Waals surface area contributed by atoms with Crippen LogP contribution in [0.2, 0.25) is 0 Å². The predicted molar refractivity (Wildman–Crippen MR) is 83.9 cm³/mol. The molecule has 2 N–H and O–H groups in total. The number of thioether (sulfide) groups is 1. The molecule has 2 aromatic rings. The fourth-order valence-corrected chi connectivity index (χ4v) is 3.27. The van der Waals surface area contributed by atoms with Crippen molar-refractivity contribution < 1.29 is 4.79 Å². The van der Waals surface area contributed by atoms with E-state index in [1.807, 2.05) is 22.9 Å². The number of amides is 1.